The van der Waals surface area contributed by atoms with Crippen LogP contribution in [0.4, 0.5) is 0 Å². The predicted molar refractivity (Wildman–Crippen MR) is 106 cm³/mol. The van der Waals surface area contributed by atoms with Crippen molar-refractivity contribution in [1.82, 2.24) is 5.32 Å². The van der Waals surface area contributed by atoms with Crippen molar-refractivity contribution in [2.24, 2.45) is 0 Å². The number of nitrogens with one attached hydrogen (secondary N) is 1. The first kappa shape index (κ1) is 20.3. The molecular formula is C19H22ClNO4S. The molecule has 1 N–H and O–H groups in total. The summed E-state index contributed by atoms with van der Waals surface area (Å²) < 4.78 is 16.0. The molecule has 5 nitrogen and oxygen atoms in total. The summed E-state index contributed by atoms with van der Waals surface area (Å²) in [6, 6.07) is 11.3. The monoisotopic (exact) mass is 395 g/mol. The predicted octanol–water partition coefficient (Wildman–Crippen LogP) is 3.92. The number of carbonyl (C=O) groups excluding carboxylic acids is 1. The van der Waals surface area contributed by atoms with Crippen molar-refractivity contribution in [3.8, 4) is 17.2 Å². The van der Waals surface area contributed by atoms with Crippen LogP contribution in [0.1, 0.15) is 11.1 Å². The summed E-state index contributed by atoms with van der Waals surface area (Å²) in [6.45, 7) is 0.342. The summed E-state index contributed by atoms with van der Waals surface area (Å²) in [7, 11) is 4.67. The van der Waals surface area contributed by atoms with E-state index in [4.69, 9.17) is 25.8 Å². The van der Waals surface area contributed by atoms with Gasteiger partial charge >= 0.3 is 0 Å². The van der Waals surface area contributed by atoms with Crippen molar-refractivity contribution < 1.29 is 19.0 Å². The number of ether oxygens (including phenoxy) is 3. The zero-order valence-corrected chi connectivity index (χ0v) is 16.6. The third-order valence-corrected chi connectivity index (χ3v) is 5.06. The van der Waals surface area contributed by atoms with Crippen molar-refractivity contribution in [3.05, 3.63) is 52.5 Å². The maximum Gasteiger partial charge on any atom is 0.230 e. The van der Waals surface area contributed by atoms with Crippen LogP contribution in [-0.2, 0) is 17.1 Å². The molecule has 0 spiro atoms. The summed E-state index contributed by atoms with van der Waals surface area (Å²) in [6.07, 6.45) is 0. The molecular weight excluding hydrogens is 374 g/mol. The Hall–Kier alpha value is -2.05. The summed E-state index contributed by atoms with van der Waals surface area (Å²) in [4.78, 5) is 12.1. The summed E-state index contributed by atoms with van der Waals surface area (Å²) in [5.41, 5.74) is 1.84. The molecule has 0 fully saturated rings. The molecule has 1 amide bonds. The lowest BCUT2D eigenvalue weighted by atomic mass is 10.1. The number of methoxy groups -OCH3 is 3. The Morgan fingerprint density at radius 2 is 1.73 bits per heavy atom. The molecule has 0 unspecified atom stereocenters. The highest BCUT2D eigenvalue weighted by Crippen LogP contribution is 2.39. The van der Waals surface area contributed by atoms with Gasteiger partial charge in [-0.05, 0) is 23.8 Å². The minimum atomic E-state index is -0.0566. The Morgan fingerprint density at radius 3 is 2.38 bits per heavy atom. The Bertz CT molecular complexity index is 754. The number of benzene rings is 2. The normalized spacial score (nSPS) is 10.3. The SMILES string of the molecule is COc1ccc(CNC(=O)CSCc2ccccc2Cl)c(OC)c1OC. The van der Waals surface area contributed by atoms with Gasteiger partial charge in [0.1, 0.15) is 0 Å². The largest absolute Gasteiger partial charge is 0.493 e. The molecule has 2 aromatic carbocycles. The number of amides is 1. The van der Waals surface area contributed by atoms with E-state index in [0.717, 1.165) is 16.1 Å². The maximum absolute atomic E-state index is 12.1. The molecule has 0 atom stereocenters. The van der Waals surface area contributed by atoms with Gasteiger partial charge in [0.15, 0.2) is 11.5 Å². The second-order valence-electron chi connectivity index (χ2n) is 5.35. The third kappa shape index (κ3) is 5.22. The van der Waals surface area contributed by atoms with Gasteiger partial charge < -0.3 is 19.5 Å². The highest BCUT2D eigenvalue weighted by Gasteiger charge is 2.16. The van der Waals surface area contributed by atoms with E-state index >= 15 is 0 Å². The van der Waals surface area contributed by atoms with Gasteiger partial charge in [-0.2, -0.15) is 0 Å². The number of hydrogen-bond acceptors (Lipinski definition) is 5. The van der Waals surface area contributed by atoms with Crippen molar-refractivity contribution in [2.45, 2.75) is 12.3 Å². The van der Waals surface area contributed by atoms with Gasteiger partial charge in [-0.1, -0.05) is 29.8 Å². The van der Waals surface area contributed by atoms with E-state index in [1.165, 1.54) is 11.8 Å². The third-order valence-electron chi connectivity index (χ3n) is 3.71. The fourth-order valence-electron chi connectivity index (χ4n) is 2.42. The van der Waals surface area contributed by atoms with Gasteiger partial charge in [0.2, 0.25) is 11.7 Å². The molecule has 0 aromatic heterocycles. The lowest BCUT2D eigenvalue weighted by Crippen LogP contribution is -2.25. The van der Waals surface area contributed by atoms with Crippen molar-refractivity contribution in [3.63, 3.8) is 0 Å². The van der Waals surface area contributed by atoms with Gasteiger partial charge in [-0.15, -0.1) is 11.8 Å². The van der Waals surface area contributed by atoms with Crippen LogP contribution in [0.5, 0.6) is 17.2 Å². The minimum absolute atomic E-state index is 0.0566. The highest BCUT2D eigenvalue weighted by atomic mass is 35.5. The number of hydrogen-bond donors (Lipinski definition) is 1. The molecule has 140 valence electrons. The van der Waals surface area contributed by atoms with Crippen LogP contribution in [0, 0.1) is 0 Å². The number of thioether (sulfide) groups is 1. The van der Waals surface area contributed by atoms with Crippen LogP contribution < -0.4 is 19.5 Å². The van der Waals surface area contributed by atoms with Crippen LogP contribution in [0.2, 0.25) is 5.02 Å². The van der Waals surface area contributed by atoms with Crippen LogP contribution in [0.3, 0.4) is 0 Å². The Labute approximate surface area is 163 Å². The Kier molecular flexibility index (Phi) is 7.94. The molecule has 0 saturated heterocycles. The fraction of sp³-hybridized carbons (Fsp3) is 0.316. The fourth-order valence-corrected chi connectivity index (χ4v) is 3.56. The number of halogens is 1. The zero-order chi connectivity index (χ0) is 18.9. The first-order chi connectivity index (χ1) is 12.6. The van der Waals surface area contributed by atoms with Gasteiger partial charge in [-0.3, -0.25) is 4.79 Å². The maximum atomic E-state index is 12.1. The first-order valence-electron chi connectivity index (χ1n) is 7.96. The molecule has 0 aliphatic heterocycles. The molecule has 0 radical (unpaired) electrons. The van der Waals surface area contributed by atoms with Gasteiger partial charge in [-0.25, -0.2) is 0 Å². The van der Waals surface area contributed by atoms with Crippen LogP contribution in [-0.4, -0.2) is 33.0 Å². The standard InChI is InChI=1S/C19H22ClNO4S/c1-23-16-9-8-13(18(24-2)19(16)25-3)10-21-17(22)12-26-11-14-6-4-5-7-15(14)20/h4-9H,10-12H2,1-3H3,(H,21,22). The average Bonchev–Trinajstić information content (AvgIpc) is 2.66. The summed E-state index contributed by atoms with van der Waals surface area (Å²) in [5.74, 6) is 2.62. The van der Waals surface area contributed by atoms with Crippen molar-refractivity contribution >= 4 is 29.3 Å². The van der Waals surface area contributed by atoms with E-state index < -0.39 is 0 Å². The van der Waals surface area contributed by atoms with Gasteiger partial charge in [0.05, 0.1) is 27.1 Å². The average molecular weight is 396 g/mol. The molecule has 2 rings (SSSR count). The van der Waals surface area contributed by atoms with Gasteiger partial charge in [0, 0.05) is 22.9 Å². The van der Waals surface area contributed by atoms with Crippen LogP contribution in [0.25, 0.3) is 0 Å². The summed E-state index contributed by atoms with van der Waals surface area (Å²) in [5, 5.41) is 3.61. The molecule has 0 aliphatic carbocycles. The quantitative estimate of drug-likeness (QED) is 0.697. The molecule has 7 heteroatoms. The number of carbonyl (C=O) groups is 1. The van der Waals surface area contributed by atoms with Crippen molar-refractivity contribution in [1.29, 1.82) is 0 Å². The van der Waals surface area contributed by atoms with E-state index in [0.29, 0.717) is 35.3 Å². The smallest absolute Gasteiger partial charge is 0.230 e. The molecule has 0 heterocycles. The molecule has 0 bridgehead atoms. The lowest BCUT2D eigenvalue weighted by molar-refractivity contribution is -0.118. The molecule has 0 saturated carbocycles. The van der Waals surface area contributed by atoms with E-state index in [9.17, 15) is 4.79 Å². The van der Waals surface area contributed by atoms with Crippen LogP contribution in [0.15, 0.2) is 36.4 Å². The Morgan fingerprint density at radius 1 is 1.00 bits per heavy atom. The molecule has 2 aromatic rings. The minimum Gasteiger partial charge on any atom is -0.493 e. The lowest BCUT2D eigenvalue weighted by Gasteiger charge is -2.16. The summed E-state index contributed by atoms with van der Waals surface area (Å²) >= 11 is 7.63. The number of rotatable bonds is 9. The van der Waals surface area contributed by atoms with E-state index in [2.05, 4.69) is 5.32 Å². The van der Waals surface area contributed by atoms with E-state index in [-0.39, 0.29) is 5.91 Å². The zero-order valence-electron chi connectivity index (χ0n) is 15.0. The Balaban J connectivity index is 1.90. The van der Waals surface area contributed by atoms with Crippen molar-refractivity contribution in [2.75, 3.05) is 27.1 Å². The van der Waals surface area contributed by atoms with E-state index in [1.807, 2.05) is 30.3 Å². The molecule has 26 heavy (non-hydrogen) atoms. The van der Waals surface area contributed by atoms with E-state index in [1.54, 1.807) is 27.4 Å². The molecule has 0 aliphatic rings. The second-order valence-corrected chi connectivity index (χ2v) is 6.75. The first-order valence-corrected chi connectivity index (χ1v) is 9.49. The topological polar surface area (TPSA) is 56.8 Å². The van der Waals surface area contributed by atoms with Crippen LogP contribution >= 0.6 is 23.4 Å². The van der Waals surface area contributed by atoms with Gasteiger partial charge in [0.25, 0.3) is 0 Å². The second kappa shape index (κ2) is 10.2. The highest BCUT2D eigenvalue weighted by molar-refractivity contribution is 7.99.